The molecule has 6 nitrogen and oxygen atoms in total. The van der Waals surface area contributed by atoms with Gasteiger partial charge in [-0.05, 0) is 26.1 Å². The minimum atomic E-state index is 0.705. The lowest BCUT2D eigenvalue weighted by molar-refractivity contribution is 0.303. The number of hydrogen-bond acceptors (Lipinski definition) is 5. The second-order valence-electron chi connectivity index (χ2n) is 4.13. The Kier molecular flexibility index (Phi) is 4.46. The maximum atomic E-state index is 4.23. The first-order valence-corrected chi connectivity index (χ1v) is 6.45. The fourth-order valence-corrected chi connectivity index (χ4v) is 1.95. The van der Waals surface area contributed by atoms with Crippen LogP contribution in [0.1, 0.15) is 20.3 Å². The smallest absolute Gasteiger partial charge is 0.182 e. The monoisotopic (exact) mass is 248 g/mol. The van der Waals surface area contributed by atoms with E-state index in [1.807, 2.05) is 0 Å². The van der Waals surface area contributed by atoms with E-state index < -0.39 is 0 Å². The summed E-state index contributed by atoms with van der Waals surface area (Å²) in [4.78, 5) is 17.9. The lowest BCUT2D eigenvalue weighted by Crippen LogP contribution is -2.25. The van der Waals surface area contributed by atoms with Gasteiger partial charge in [0.05, 0.1) is 6.33 Å². The fraction of sp³-hybridized carbons (Fsp3) is 0.583. The molecule has 0 radical (unpaired) electrons. The van der Waals surface area contributed by atoms with E-state index in [0.29, 0.717) is 5.65 Å². The summed E-state index contributed by atoms with van der Waals surface area (Å²) < 4.78 is 0. The van der Waals surface area contributed by atoms with E-state index in [-0.39, 0.29) is 0 Å². The summed E-state index contributed by atoms with van der Waals surface area (Å²) in [6.45, 7) is 8.60. The van der Waals surface area contributed by atoms with Crippen molar-refractivity contribution in [2.24, 2.45) is 0 Å². The molecule has 6 heteroatoms. The molecule has 0 aliphatic carbocycles. The molecule has 0 saturated carbocycles. The number of nitrogens with zero attached hydrogens (tertiary/aromatic N) is 4. The molecule has 2 heterocycles. The molecule has 0 saturated heterocycles. The topological polar surface area (TPSA) is 69.7 Å². The Bertz CT molecular complexity index is 476. The third-order valence-electron chi connectivity index (χ3n) is 3.06. The maximum Gasteiger partial charge on any atom is 0.182 e. The van der Waals surface area contributed by atoms with Gasteiger partial charge in [0.1, 0.15) is 11.8 Å². The van der Waals surface area contributed by atoms with Crippen LogP contribution in [0.2, 0.25) is 0 Å². The number of rotatable bonds is 7. The zero-order valence-corrected chi connectivity index (χ0v) is 11.0. The van der Waals surface area contributed by atoms with Gasteiger partial charge in [0.25, 0.3) is 0 Å². The van der Waals surface area contributed by atoms with Crippen LogP contribution in [0.5, 0.6) is 0 Å². The summed E-state index contributed by atoms with van der Waals surface area (Å²) in [6, 6.07) is 0. The van der Waals surface area contributed by atoms with E-state index in [1.54, 1.807) is 6.33 Å². The molecular formula is C12H20N6. The SMILES string of the molecule is CCN(CC)CCCNc1ncnc2nc[nH]c12. The zero-order valence-electron chi connectivity index (χ0n) is 11.0. The molecule has 0 aliphatic heterocycles. The van der Waals surface area contributed by atoms with Crippen LogP contribution in [-0.2, 0) is 0 Å². The number of aromatic nitrogens is 4. The number of anilines is 1. The summed E-state index contributed by atoms with van der Waals surface area (Å²) in [6.07, 6.45) is 4.28. The van der Waals surface area contributed by atoms with Crippen molar-refractivity contribution in [1.82, 2.24) is 24.8 Å². The first kappa shape index (κ1) is 12.8. The van der Waals surface area contributed by atoms with E-state index in [9.17, 15) is 0 Å². The van der Waals surface area contributed by atoms with Crippen LogP contribution in [0.15, 0.2) is 12.7 Å². The van der Waals surface area contributed by atoms with Gasteiger partial charge in [-0.1, -0.05) is 13.8 Å². The lowest BCUT2D eigenvalue weighted by Gasteiger charge is -2.17. The van der Waals surface area contributed by atoms with Crippen LogP contribution in [-0.4, -0.2) is 51.0 Å². The van der Waals surface area contributed by atoms with Crippen molar-refractivity contribution >= 4 is 17.0 Å². The second-order valence-corrected chi connectivity index (χ2v) is 4.13. The molecule has 2 rings (SSSR count). The van der Waals surface area contributed by atoms with Crippen LogP contribution in [0.4, 0.5) is 5.82 Å². The molecule has 0 bridgehead atoms. The highest BCUT2D eigenvalue weighted by atomic mass is 15.1. The largest absolute Gasteiger partial charge is 0.368 e. The molecule has 2 N–H and O–H groups in total. The van der Waals surface area contributed by atoms with Gasteiger partial charge in [0.2, 0.25) is 0 Å². The van der Waals surface area contributed by atoms with E-state index in [1.165, 1.54) is 6.33 Å². The minimum absolute atomic E-state index is 0.705. The Hall–Kier alpha value is -1.69. The molecule has 0 spiro atoms. The van der Waals surface area contributed by atoms with Crippen molar-refractivity contribution in [2.45, 2.75) is 20.3 Å². The average Bonchev–Trinajstić information content (AvgIpc) is 2.88. The number of aromatic amines is 1. The van der Waals surface area contributed by atoms with Crippen molar-refractivity contribution < 1.29 is 0 Å². The van der Waals surface area contributed by atoms with Crippen molar-refractivity contribution in [3.63, 3.8) is 0 Å². The third-order valence-corrected chi connectivity index (χ3v) is 3.06. The van der Waals surface area contributed by atoms with Crippen LogP contribution < -0.4 is 5.32 Å². The lowest BCUT2D eigenvalue weighted by atomic mass is 10.3. The molecule has 2 aromatic heterocycles. The predicted molar refractivity (Wildman–Crippen MR) is 72.6 cm³/mol. The summed E-state index contributed by atoms with van der Waals surface area (Å²) in [5, 5.41) is 3.33. The minimum Gasteiger partial charge on any atom is -0.368 e. The Morgan fingerprint density at radius 2 is 2.06 bits per heavy atom. The predicted octanol–water partition coefficient (Wildman–Crippen LogP) is 1.50. The standard InChI is InChI=1S/C12H20N6/c1-3-18(4-2)7-5-6-13-11-10-12(15-8-14-10)17-9-16-11/h8-9H,3-7H2,1-2H3,(H2,13,14,15,16,17). The van der Waals surface area contributed by atoms with Crippen LogP contribution in [0.25, 0.3) is 11.2 Å². The molecular weight excluding hydrogens is 228 g/mol. The van der Waals surface area contributed by atoms with Crippen LogP contribution >= 0.6 is 0 Å². The van der Waals surface area contributed by atoms with Gasteiger partial charge in [0.15, 0.2) is 11.5 Å². The summed E-state index contributed by atoms with van der Waals surface area (Å²) in [5.41, 5.74) is 1.58. The Balaban J connectivity index is 1.85. The van der Waals surface area contributed by atoms with Gasteiger partial charge in [-0.25, -0.2) is 15.0 Å². The van der Waals surface area contributed by atoms with E-state index >= 15 is 0 Å². The van der Waals surface area contributed by atoms with Crippen LogP contribution in [0.3, 0.4) is 0 Å². The van der Waals surface area contributed by atoms with Crippen molar-refractivity contribution in [3.8, 4) is 0 Å². The molecule has 0 aromatic carbocycles. The Morgan fingerprint density at radius 3 is 2.83 bits per heavy atom. The molecule has 0 atom stereocenters. The van der Waals surface area contributed by atoms with Gasteiger partial charge in [0, 0.05) is 6.54 Å². The normalized spacial score (nSPS) is 11.3. The number of fused-ring (bicyclic) bond motifs is 1. The summed E-state index contributed by atoms with van der Waals surface area (Å²) in [5.74, 6) is 0.831. The molecule has 0 unspecified atom stereocenters. The van der Waals surface area contributed by atoms with Gasteiger partial charge < -0.3 is 15.2 Å². The zero-order chi connectivity index (χ0) is 12.8. The van der Waals surface area contributed by atoms with Crippen LogP contribution in [0, 0.1) is 0 Å². The van der Waals surface area contributed by atoms with Crippen molar-refractivity contribution in [3.05, 3.63) is 12.7 Å². The molecule has 0 aliphatic rings. The highest BCUT2D eigenvalue weighted by molar-refractivity contribution is 5.81. The first-order valence-electron chi connectivity index (χ1n) is 6.45. The average molecular weight is 248 g/mol. The third kappa shape index (κ3) is 2.95. The van der Waals surface area contributed by atoms with Crippen molar-refractivity contribution in [1.29, 1.82) is 0 Å². The summed E-state index contributed by atoms with van der Waals surface area (Å²) >= 11 is 0. The second kappa shape index (κ2) is 6.30. The van der Waals surface area contributed by atoms with Gasteiger partial charge in [-0.3, -0.25) is 0 Å². The van der Waals surface area contributed by atoms with Gasteiger partial charge >= 0.3 is 0 Å². The molecule has 2 aromatic rings. The fourth-order valence-electron chi connectivity index (χ4n) is 1.95. The first-order chi connectivity index (χ1) is 8.85. The molecule has 0 amide bonds. The highest BCUT2D eigenvalue weighted by Gasteiger charge is 2.04. The summed E-state index contributed by atoms with van der Waals surface area (Å²) in [7, 11) is 0. The van der Waals surface area contributed by atoms with Crippen molar-refractivity contribution in [2.75, 3.05) is 31.5 Å². The maximum absolute atomic E-state index is 4.23. The number of H-pyrrole nitrogens is 1. The number of nitrogens with one attached hydrogen (secondary N) is 2. The van der Waals surface area contributed by atoms with E-state index in [4.69, 9.17) is 0 Å². The molecule has 98 valence electrons. The van der Waals surface area contributed by atoms with Gasteiger partial charge in [-0.2, -0.15) is 0 Å². The highest BCUT2D eigenvalue weighted by Crippen LogP contribution is 2.13. The molecule has 0 fully saturated rings. The Labute approximate surface area is 107 Å². The van der Waals surface area contributed by atoms with E-state index in [2.05, 4.69) is 44.0 Å². The Morgan fingerprint density at radius 1 is 1.22 bits per heavy atom. The quantitative estimate of drug-likeness (QED) is 0.727. The van der Waals surface area contributed by atoms with Gasteiger partial charge in [-0.15, -0.1) is 0 Å². The number of imidazole rings is 1. The number of hydrogen-bond donors (Lipinski definition) is 2. The molecule has 18 heavy (non-hydrogen) atoms. The van der Waals surface area contributed by atoms with E-state index in [0.717, 1.165) is 43.9 Å².